The van der Waals surface area contributed by atoms with Crippen LogP contribution in [0.2, 0.25) is 0 Å². The van der Waals surface area contributed by atoms with Crippen LogP contribution in [0.3, 0.4) is 0 Å². The number of rotatable bonds is 6. The van der Waals surface area contributed by atoms with Crippen LogP contribution in [0.1, 0.15) is 62.7 Å². The van der Waals surface area contributed by atoms with E-state index < -0.39 is 0 Å². The average Bonchev–Trinajstić information content (AvgIpc) is 2.78. The Morgan fingerprint density at radius 1 is 1.00 bits per heavy atom. The van der Waals surface area contributed by atoms with Gasteiger partial charge in [0.15, 0.2) is 17.3 Å². The number of hydrogen-bond donors (Lipinski definition) is 0. The molecule has 0 aromatic heterocycles. The Morgan fingerprint density at radius 3 is 2.24 bits per heavy atom. The van der Waals surface area contributed by atoms with E-state index in [1.807, 2.05) is 32.0 Å². The summed E-state index contributed by atoms with van der Waals surface area (Å²) in [4.78, 5) is 12.7. The Kier molecular flexibility index (Phi) is 6.09. The number of carbonyl (C=O) groups excluding carboxylic acids is 1. The molecule has 0 radical (unpaired) electrons. The second kappa shape index (κ2) is 8.06. The second-order valence-electron chi connectivity index (χ2n) is 5.58. The van der Waals surface area contributed by atoms with E-state index in [4.69, 9.17) is 9.47 Å². The summed E-state index contributed by atoms with van der Waals surface area (Å²) >= 11 is 0. The molecule has 0 amide bonds. The summed E-state index contributed by atoms with van der Waals surface area (Å²) in [5, 5.41) is 0. The largest absolute Gasteiger partial charge is 0.490 e. The van der Waals surface area contributed by atoms with Crippen LogP contribution >= 0.6 is 0 Å². The lowest BCUT2D eigenvalue weighted by molar-refractivity contribution is 0.0907. The zero-order chi connectivity index (χ0) is 15.1. The predicted octanol–water partition coefficient (Wildman–Crippen LogP) is 4.64. The van der Waals surface area contributed by atoms with Gasteiger partial charge in [-0.1, -0.05) is 25.7 Å². The molecule has 0 aliphatic heterocycles. The first kappa shape index (κ1) is 15.9. The fourth-order valence-corrected chi connectivity index (χ4v) is 2.98. The summed E-state index contributed by atoms with van der Waals surface area (Å²) in [5.41, 5.74) is 0.758. The van der Waals surface area contributed by atoms with E-state index in [1.165, 1.54) is 25.7 Å². The third-order valence-electron chi connectivity index (χ3n) is 4.05. The molecule has 0 unspecified atom stereocenters. The van der Waals surface area contributed by atoms with Crippen LogP contribution in [0.25, 0.3) is 0 Å². The molecule has 2 rings (SSSR count). The van der Waals surface area contributed by atoms with Crippen LogP contribution in [0.4, 0.5) is 0 Å². The molecule has 1 aliphatic rings. The fraction of sp³-hybridized carbons (Fsp3) is 0.611. The van der Waals surface area contributed by atoms with Gasteiger partial charge >= 0.3 is 0 Å². The molecule has 3 nitrogen and oxygen atoms in total. The van der Waals surface area contributed by atoms with Gasteiger partial charge in [-0.25, -0.2) is 0 Å². The Hall–Kier alpha value is -1.51. The minimum absolute atomic E-state index is 0.180. The Morgan fingerprint density at radius 2 is 1.62 bits per heavy atom. The van der Waals surface area contributed by atoms with Gasteiger partial charge in [0.25, 0.3) is 0 Å². The lowest BCUT2D eigenvalue weighted by Crippen LogP contribution is -2.14. The zero-order valence-electron chi connectivity index (χ0n) is 13.2. The maximum absolute atomic E-state index is 12.7. The molecule has 1 saturated carbocycles. The highest BCUT2D eigenvalue weighted by atomic mass is 16.5. The molecule has 0 N–H and O–H groups in total. The number of ether oxygens (including phenoxy) is 2. The summed E-state index contributed by atoms with van der Waals surface area (Å²) in [5.74, 6) is 1.84. The lowest BCUT2D eigenvalue weighted by atomic mass is 9.91. The Labute approximate surface area is 127 Å². The predicted molar refractivity (Wildman–Crippen MR) is 84.3 cm³/mol. The molecule has 21 heavy (non-hydrogen) atoms. The van der Waals surface area contributed by atoms with Crippen molar-refractivity contribution >= 4 is 5.78 Å². The molecular weight excluding hydrogens is 264 g/mol. The first-order chi connectivity index (χ1) is 10.3. The number of hydrogen-bond acceptors (Lipinski definition) is 3. The van der Waals surface area contributed by atoms with Crippen molar-refractivity contribution in [3.05, 3.63) is 23.8 Å². The van der Waals surface area contributed by atoms with E-state index in [9.17, 15) is 4.79 Å². The first-order valence-electron chi connectivity index (χ1n) is 8.20. The molecule has 116 valence electrons. The topological polar surface area (TPSA) is 35.5 Å². The molecule has 0 saturated heterocycles. The maximum Gasteiger partial charge on any atom is 0.166 e. The third-order valence-corrected chi connectivity index (χ3v) is 4.05. The molecule has 0 heterocycles. The van der Waals surface area contributed by atoms with Crippen molar-refractivity contribution in [2.45, 2.75) is 52.4 Å². The first-order valence-corrected chi connectivity index (χ1v) is 8.20. The number of carbonyl (C=O) groups is 1. The van der Waals surface area contributed by atoms with Crippen molar-refractivity contribution in [1.29, 1.82) is 0 Å². The third kappa shape index (κ3) is 4.23. The Balaban J connectivity index is 2.17. The van der Waals surface area contributed by atoms with Crippen molar-refractivity contribution < 1.29 is 14.3 Å². The second-order valence-corrected chi connectivity index (χ2v) is 5.58. The van der Waals surface area contributed by atoms with Gasteiger partial charge in [0, 0.05) is 11.5 Å². The standard InChI is InChI=1S/C18H26O3/c1-3-20-16-12-11-15(13-17(16)21-4-2)18(19)14-9-7-5-6-8-10-14/h11-14H,3-10H2,1-2H3. The van der Waals surface area contributed by atoms with Gasteiger partial charge in [-0.05, 0) is 44.9 Å². The van der Waals surface area contributed by atoms with Gasteiger partial charge in [0.05, 0.1) is 13.2 Å². The zero-order valence-corrected chi connectivity index (χ0v) is 13.2. The molecule has 1 fully saturated rings. The average molecular weight is 290 g/mol. The van der Waals surface area contributed by atoms with Gasteiger partial charge in [0.1, 0.15) is 0 Å². The molecule has 0 atom stereocenters. The molecule has 1 aromatic rings. The summed E-state index contributed by atoms with van der Waals surface area (Å²) < 4.78 is 11.2. The van der Waals surface area contributed by atoms with Crippen molar-refractivity contribution in [2.75, 3.05) is 13.2 Å². The van der Waals surface area contributed by atoms with E-state index in [2.05, 4.69) is 0 Å². The number of benzene rings is 1. The highest BCUT2D eigenvalue weighted by molar-refractivity contribution is 5.98. The highest BCUT2D eigenvalue weighted by Crippen LogP contribution is 2.32. The highest BCUT2D eigenvalue weighted by Gasteiger charge is 2.22. The van der Waals surface area contributed by atoms with E-state index in [-0.39, 0.29) is 11.7 Å². The quantitative estimate of drug-likeness (QED) is 0.565. The number of Topliss-reactive ketones (excluding diaryl/α,β-unsaturated/α-hetero) is 1. The fourth-order valence-electron chi connectivity index (χ4n) is 2.98. The van der Waals surface area contributed by atoms with Gasteiger partial charge in [-0.3, -0.25) is 4.79 Å². The van der Waals surface area contributed by atoms with Crippen LogP contribution in [-0.2, 0) is 0 Å². The molecule has 1 aliphatic carbocycles. The van der Waals surface area contributed by atoms with E-state index in [0.29, 0.717) is 19.0 Å². The summed E-state index contributed by atoms with van der Waals surface area (Å²) in [7, 11) is 0. The van der Waals surface area contributed by atoms with Crippen LogP contribution in [0.5, 0.6) is 11.5 Å². The lowest BCUT2D eigenvalue weighted by Gasteiger charge is -2.15. The summed E-state index contributed by atoms with van der Waals surface area (Å²) in [6.07, 6.45) is 6.91. The van der Waals surface area contributed by atoms with E-state index in [1.54, 1.807) is 0 Å². The normalized spacial score (nSPS) is 16.3. The number of ketones is 1. The van der Waals surface area contributed by atoms with Gasteiger partial charge in [0.2, 0.25) is 0 Å². The van der Waals surface area contributed by atoms with Crippen LogP contribution in [-0.4, -0.2) is 19.0 Å². The van der Waals surface area contributed by atoms with Crippen LogP contribution in [0, 0.1) is 5.92 Å². The van der Waals surface area contributed by atoms with Crippen LogP contribution in [0.15, 0.2) is 18.2 Å². The molecule has 0 bridgehead atoms. The van der Waals surface area contributed by atoms with Gasteiger partial charge in [-0.2, -0.15) is 0 Å². The Bertz CT molecular complexity index is 460. The summed E-state index contributed by atoms with van der Waals surface area (Å²) in [6.45, 7) is 5.05. The van der Waals surface area contributed by atoms with Crippen LogP contribution < -0.4 is 9.47 Å². The SMILES string of the molecule is CCOc1ccc(C(=O)C2CCCCCC2)cc1OCC. The molecule has 1 aromatic carbocycles. The van der Waals surface area contributed by atoms with Crippen molar-refractivity contribution in [2.24, 2.45) is 5.92 Å². The van der Waals surface area contributed by atoms with Crippen molar-refractivity contribution in [3.63, 3.8) is 0 Å². The van der Waals surface area contributed by atoms with E-state index >= 15 is 0 Å². The van der Waals surface area contributed by atoms with Crippen molar-refractivity contribution in [1.82, 2.24) is 0 Å². The van der Waals surface area contributed by atoms with Gasteiger partial charge in [-0.15, -0.1) is 0 Å². The van der Waals surface area contributed by atoms with E-state index in [0.717, 1.165) is 24.2 Å². The monoisotopic (exact) mass is 290 g/mol. The molecule has 0 spiro atoms. The summed E-state index contributed by atoms with van der Waals surface area (Å²) in [6, 6.07) is 5.58. The van der Waals surface area contributed by atoms with Gasteiger partial charge < -0.3 is 9.47 Å². The smallest absolute Gasteiger partial charge is 0.166 e. The maximum atomic E-state index is 12.7. The minimum Gasteiger partial charge on any atom is -0.490 e. The molecule has 3 heteroatoms. The minimum atomic E-state index is 0.180. The molecular formula is C18H26O3. The van der Waals surface area contributed by atoms with Crippen molar-refractivity contribution in [3.8, 4) is 11.5 Å².